The molecule has 0 unspecified atom stereocenters. The smallest absolute Gasteiger partial charge is 0.354 e. The summed E-state index contributed by atoms with van der Waals surface area (Å²) in [5.74, 6) is -0.132. The highest BCUT2D eigenvalue weighted by molar-refractivity contribution is 5.86. The van der Waals surface area contributed by atoms with Crippen molar-refractivity contribution in [3.05, 3.63) is 36.2 Å². The lowest BCUT2D eigenvalue weighted by Gasteiger charge is -2.28. The molecule has 0 radical (unpaired) electrons. The average molecular weight is 245 g/mol. The Labute approximate surface area is 103 Å². The molecule has 1 aliphatic rings. The van der Waals surface area contributed by atoms with Gasteiger partial charge >= 0.3 is 5.97 Å². The van der Waals surface area contributed by atoms with Gasteiger partial charge in [-0.2, -0.15) is 0 Å². The van der Waals surface area contributed by atoms with Crippen LogP contribution in [0.2, 0.25) is 0 Å². The van der Waals surface area contributed by atoms with Crippen LogP contribution in [0.5, 0.6) is 0 Å². The highest BCUT2D eigenvalue weighted by Crippen LogP contribution is 2.19. The van der Waals surface area contributed by atoms with Crippen LogP contribution in [0.25, 0.3) is 0 Å². The standard InChI is InChI=1S/C11H11N5O2/c17-11(18)9-5-8(1-2-12-9)15-3-4-16-7-13-14-10(16)6-15/h1-2,5,7H,3-4,6H2,(H,17,18). The average Bonchev–Trinajstić information content (AvgIpc) is 2.86. The van der Waals surface area contributed by atoms with Gasteiger partial charge in [-0.25, -0.2) is 9.78 Å². The van der Waals surface area contributed by atoms with Gasteiger partial charge < -0.3 is 14.6 Å². The maximum absolute atomic E-state index is 10.9. The van der Waals surface area contributed by atoms with Gasteiger partial charge in [-0.1, -0.05) is 0 Å². The van der Waals surface area contributed by atoms with Crippen molar-refractivity contribution in [2.45, 2.75) is 13.1 Å². The topological polar surface area (TPSA) is 84.1 Å². The van der Waals surface area contributed by atoms with Gasteiger partial charge in [0.15, 0.2) is 5.82 Å². The van der Waals surface area contributed by atoms with Gasteiger partial charge in [-0.15, -0.1) is 10.2 Å². The number of hydrogen-bond donors (Lipinski definition) is 1. The number of aromatic nitrogens is 4. The summed E-state index contributed by atoms with van der Waals surface area (Å²) in [5.41, 5.74) is 0.899. The quantitative estimate of drug-likeness (QED) is 0.824. The molecule has 0 amide bonds. The van der Waals surface area contributed by atoms with Crippen molar-refractivity contribution >= 4 is 11.7 Å². The maximum Gasteiger partial charge on any atom is 0.354 e. The second kappa shape index (κ2) is 4.10. The summed E-state index contributed by atoms with van der Waals surface area (Å²) in [4.78, 5) is 16.8. The zero-order chi connectivity index (χ0) is 12.5. The fourth-order valence-corrected chi connectivity index (χ4v) is 2.02. The molecule has 0 atom stereocenters. The van der Waals surface area contributed by atoms with E-state index in [0.717, 1.165) is 24.6 Å². The van der Waals surface area contributed by atoms with E-state index in [9.17, 15) is 4.79 Å². The van der Waals surface area contributed by atoms with Crippen molar-refractivity contribution in [1.29, 1.82) is 0 Å². The monoisotopic (exact) mass is 245 g/mol. The molecular weight excluding hydrogens is 234 g/mol. The Morgan fingerprint density at radius 2 is 2.28 bits per heavy atom. The fourth-order valence-electron chi connectivity index (χ4n) is 2.02. The number of anilines is 1. The van der Waals surface area contributed by atoms with Crippen LogP contribution in [0.4, 0.5) is 5.69 Å². The molecule has 92 valence electrons. The van der Waals surface area contributed by atoms with Gasteiger partial charge in [0.25, 0.3) is 0 Å². The zero-order valence-corrected chi connectivity index (χ0v) is 9.52. The van der Waals surface area contributed by atoms with E-state index in [4.69, 9.17) is 5.11 Å². The first-order valence-corrected chi connectivity index (χ1v) is 5.55. The third-order valence-corrected chi connectivity index (χ3v) is 2.97. The second-order valence-electron chi connectivity index (χ2n) is 4.07. The van der Waals surface area contributed by atoms with Crippen LogP contribution >= 0.6 is 0 Å². The molecular formula is C11H11N5O2. The van der Waals surface area contributed by atoms with Crippen LogP contribution in [-0.4, -0.2) is 37.4 Å². The zero-order valence-electron chi connectivity index (χ0n) is 9.52. The number of carbonyl (C=O) groups is 1. The highest BCUT2D eigenvalue weighted by Gasteiger charge is 2.18. The van der Waals surface area contributed by atoms with Gasteiger partial charge in [0.1, 0.15) is 12.0 Å². The van der Waals surface area contributed by atoms with Crippen molar-refractivity contribution in [1.82, 2.24) is 19.7 Å². The van der Waals surface area contributed by atoms with E-state index in [1.165, 1.54) is 6.20 Å². The van der Waals surface area contributed by atoms with Crippen molar-refractivity contribution < 1.29 is 9.90 Å². The second-order valence-corrected chi connectivity index (χ2v) is 4.07. The number of nitrogens with zero attached hydrogens (tertiary/aromatic N) is 5. The first kappa shape index (κ1) is 10.7. The number of carboxylic acid groups (broad SMARTS) is 1. The minimum atomic E-state index is -1.02. The number of pyridine rings is 1. The Balaban J connectivity index is 1.88. The summed E-state index contributed by atoms with van der Waals surface area (Å²) in [6.45, 7) is 2.23. The van der Waals surface area contributed by atoms with Crippen LogP contribution in [0.15, 0.2) is 24.7 Å². The van der Waals surface area contributed by atoms with Crippen molar-refractivity contribution in [2.75, 3.05) is 11.4 Å². The van der Waals surface area contributed by atoms with Crippen LogP contribution in [0, 0.1) is 0 Å². The van der Waals surface area contributed by atoms with E-state index in [2.05, 4.69) is 20.1 Å². The van der Waals surface area contributed by atoms with Crippen molar-refractivity contribution in [3.63, 3.8) is 0 Å². The molecule has 7 nitrogen and oxygen atoms in total. The molecule has 0 saturated heterocycles. The number of rotatable bonds is 2. The SMILES string of the molecule is O=C(O)c1cc(N2CCn3cnnc3C2)ccn1. The Morgan fingerprint density at radius 1 is 1.39 bits per heavy atom. The molecule has 3 heterocycles. The summed E-state index contributed by atoms with van der Waals surface area (Å²) < 4.78 is 2.00. The van der Waals surface area contributed by atoms with E-state index >= 15 is 0 Å². The maximum atomic E-state index is 10.9. The molecule has 0 bridgehead atoms. The highest BCUT2D eigenvalue weighted by atomic mass is 16.4. The van der Waals surface area contributed by atoms with Crippen LogP contribution in [-0.2, 0) is 13.1 Å². The van der Waals surface area contributed by atoms with Crippen LogP contribution in [0.3, 0.4) is 0 Å². The summed E-state index contributed by atoms with van der Waals surface area (Å²) >= 11 is 0. The van der Waals surface area contributed by atoms with E-state index in [0.29, 0.717) is 6.54 Å². The molecule has 18 heavy (non-hydrogen) atoms. The van der Waals surface area contributed by atoms with E-state index in [-0.39, 0.29) is 5.69 Å². The summed E-state index contributed by atoms with van der Waals surface area (Å²) in [7, 11) is 0. The molecule has 1 aliphatic heterocycles. The molecule has 0 fully saturated rings. The van der Waals surface area contributed by atoms with E-state index in [1.54, 1.807) is 18.5 Å². The fraction of sp³-hybridized carbons (Fsp3) is 0.273. The normalized spacial score (nSPS) is 14.3. The first-order chi connectivity index (χ1) is 8.74. The molecule has 0 spiro atoms. The lowest BCUT2D eigenvalue weighted by Crippen LogP contribution is -2.33. The van der Waals surface area contributed by atoms with Gasteiger partial charge in [-0.3, -0.25) is 0 Å². The predicted molar refractivity (Wildman–Crippen MR) is 62.3 cm³/mol. The lowest BCUT2D eigenvalue weighted by atomic mass is 10.2. The van der Waals surface area contributed by atoms with Crippen molar-refractivity contribution in [3.8, 4) is 0 Å². The largest absolute Gasteiger partial charge is 0.477 e. The third kappa shape index (κ3) is 1.79. The molecule has 2 aromatic rings. The van der Waals surface area contributed by atoms with Crippen LogP contribution < -0.4 is 4.90 Å². The van der Waals surface area contributed by atoms with E-state index in [1.807, 2.05) is 4.57 Å². The number of carboxylic acids is 1. The van der Waals surface area contributed by atoms with Gasteiger partial charge in [-0.05, 0) is 12.1 Å². The minimum Gasteiger partial charge on any atom is -0.477 e. The number of aromatic carboxylic acids is 1. The van der Waals surface area contributed by atoms with Crippen LogP contribution in [0.1, 0.15) is 16.3 Å². The van der Waals surface area contributed by atoms with Crippen molar-refractivity contribution in [2.24, 2.45) is 0 Å². The molecule has 0 saturated carbocycles. The minimum absolute atomic E-state index is 0.0551. The number of hydrogen-bond acceptors (Lipinski definition) is 5. The summed E-state index contributed by atoms with van der Waals surface area (Å²) in [6.07, 6.45) is 3.22. The Bertz CT molecular complexity index is 595. The molecule has 3 rings (SSSR count). The molecule has 0 aromatic carbocycles. The Kier molecular flexibility index (Phi) is 2.44. The Morgan fingerprint density at radius 3 is 3.11 bits per heavy atom. The van der Waals surface area contributed by atoms with E-state index < -0.39 is 5.97 Å². The third-order valence-electron chi connectivity index (χ3n) is 2.97. The summed E-state index contributed by atoms with van der Waals surface area (Å²) in [5, 5.41) is 16.8. The summed E-state index contributed by atoms with van der Waals surface area (Å²) in [6, 6.07) is 3.38. The molecule has 0 aliphatic carbocycles. The molecule has 2 aromatic heterocycles. The molecule has 7 heteroatoms. The van der Waals surface area contributed by atoms with Gasteiger partial charge in [0, 0.05) is 25.0 Å². The van der Waals surface area contributed by atoms with Gasteiger partial charge in [0.05, 0.1) is 6.54 Å². The number of fused-ring (bicyclic) bond motifs is 1. The Hall–Kier alpha value is -2.44. The molecule has 1 N–H and O–H groups in total. The van der Waals surface area contributed by atoms with Gasteiger partial charge in [0.2, 0.25) is 0 Å². The predicted octanol–water partition coefficient (Wildman–Crippen LogP) is 0.391. The first-order valence-electron chi connectivity index (χ1n) is 5.55. The lowest BCUT2D eigenvalue weighted by molar-refractivity contribution is 0.0690.